The molecule has 1 aromatic heterocycles. The zero-order valence-corrected chi connectivity index (χ0v) is 15.0. The van der Waals surface area contributed by atoms with Crippen LogP contribution in [0.25, 0.3) is 11.3 Å². The second-order valence-electron chi connectivity index (χ2n) is 5.18. The van der Waals surface area contributed by atoms with Crippen molar-refractivity contribution >= 4 is 34.1 Å². The van der Waals surface area contributed by atoms with E-state index in [-0.39, 0.29) is 11.8 Å². The largest absolute Gasteiger partial charge is 0.465 e. The van der Waals surface area contributed by atoms with E-state index in [4.69, 9.17) is 5.73 Å². The number of halogens is 1. The molecular formula is C18H15FN2O2S2. The fourth-order valence-corrected chi connectivity index (χ4v) is 4.09. The second kappa shape index (κ2) is 7.67. The summed E-state index contributed by atoms with van der Waals surface area (Å²) < 4.78 is 18.6. The first kappa shape index (κ1) is 17.4. The molecule has 0 aliphatic rings. The number of nitrogen functional groups attached to an aromatic ring is 1. The average Bonchev–Trinajstić information content (AvgIpc) is 3.01. The van der Waals surface area contributed by atoms with Crippen molar-refractivity contribution in [3.05, 3.63) is 65.5 Å². The van der Waals surface area contributed by atoms with Crippen LogP contribution < -0.4 is 5.73 Å². The Hall–Kier alpha value is -2.38. The Kier molecular flexibility index (Phi) is 5.35. The van der Waals surface area contributed by atoms with E-state index in [0.29, 0.717) is 22.0 Å². The van der Waals surface area contributed by atoms with Gasteiger partial charge in [0.1, 0.15) is 16.5 Å². The standard InChI is InChI=1S/C18H15FN2O2S2/c1-23-17(22)13-4-2-11(3-5-13)10-24-18-21-15(16(20)25-18)12-6-8-14(19)9-7-12/h2-9H,10,20H2,1H3. The van der Waals surface area contributed by atoms with Gasteiger partial charge in [0.05, 0.1) is 12.7 Å². The van der Waals surface area contributed by atoms with Crippen LogP contribution in [0, 0.1) is 5.82 Å². The smallest absolute Gasteiger partial charge is 0.337 e. The van der Waals surface area contributed by atoms with E-state index in [2.05, 4.69) is 9.72 Å². The van der Waals surface area contributed by atoms with Gasteiger partial charge in [-0.1, -0.05) is 35.2 Å². The third kappa shape index (κ3) is 4.18. The lowest BCUT2D eigenvalue weighted by molar-refractivity contribution is 0.0600. The van der Waals surface area contributed by atoms with E-state index >= 15 is 0 Å². The number of esters is 1. The van der Waals surface area contributed by atoms with Crippen LogP contribution >= 0.6 is 23.1 Å². The lowest BCUT2D eigenvalue weighted by Crippen LogP contribution is -2.00. The first-order valence-electron chi connectivity index (χ1n) is 7.39. The van der Waals surface area contributed by atoms with Gasteiger partial charge in [0, 0.05) is 11.3 Å². The summed E-state index contributed by atoms with van der Waals surface area (Å²) in [4.78, 5) is 16.0. The zero-order chi connectivity index (χ0) is 17.8. The van der Waals surface area contributed by atoms with Crippen molar-refractivity contribution in [2.24, 2.45) is 0 Å². The topological polar surface area (TPSA) is 65.2 Å². The molecular weight excluding hydrogens is 359 g/mol. The number of hydrogen-bond acceptors (Lipinski definition) is 6. The van der Waals surface area contributed by atoms with Crippen LogP contribution in [-0.4, -0.2) is 18.1 Å². The van der Waals surface area contributed by atoms with Crippen molar-refractivity contribution in [1.29, 1.82) is 0 Å². The Balaban J connectivity index is 1.69. The predicted octanol–water partition coefficient (Wildman–Crippen LogP) is 4.61. The van der Waals surface area contributed by atoms with Gasteiger partial charge in [0.2, 0.25) is 0 Å². The van der Waals surface area contributed by atoms with Crippen LogP contribution in [-0.2, 0) is 10.5 Å². The number of hydrogen-bond donors (Lipinski definition) is 1. The highest BCUT2D eigenvalue weighted by atomic mass is 32.2. The molecule has 0 saturated heterocycles. The Bertz CT molecular complexity index is 877. The molecule has 0 fully saturated rings. The fraction of sp³-hybridized carbons (Fsp3) is 0.111. The Morgan fingerprint density at radius 1 is 1.20 bits per heavy atom. The van der Waals surface area contributed by atoms with E-state index in [1.54, 1.807) is 36.0 Å². The Morgan fingerprint density at radius 3 is 2.52 bits per heavy atom. The molecule has 0 spiro atoms. The number of nitrogens with zero attached hydrogens (tertiary/aromatic N) is 1. The van der Waals surface area contributed by atoms with Gasteiger partial charge in [-0.15, -0.1) is 0 Å². The van der Waals surface area contributed by atoms with Crippen molar-refractivity contribution in [3.63, 3.8) is 0 Å². The molecule has 3 rings (SSSR count). The summed E-state index contributed by atoms with van der Waals surface area (Å²) in [6.07, 6.45) is 0. The Labute approximate surface area is 152 Å². The molecule has 0 aliphatic heterocycles. The number of methoxy groups -OCH3 is 1. The number of thiazole rings is 1. The summed E-state index contributed by atoms with van der Waals surface area (Å²) in [5.74, 6) is 0.0652. The quantitative estimate of drug-likeness (QED) is 0.522. The average molecular weight is 374 g/mol. The van der Waals surface area contributed by atoms with Crippen LogP contribution in [0.3, 0.4) is 0 Å². The normalized spacial score (nSPS) is 10.6. The highest BCUT2D eigenvalue weighted by Gasteiger charge is 2.12. The van der Waals surface area contributed by atoms with Crippen LogP contribution in [0.15, 0.2) is 52.9 Å². The third-order valence-corrected chi connectivity index (χ3v) is 5.59. The molecule has 0 amide bonds. The second-order valence-corrected chi connectivity index (χ2v) is 7.43. The van der Waals surface area contributed by atoms with Crippen LogP contribution in [0.2, 0.25) is 0 Å². The van der Waals surface area contributed by atoms with Gasteiger partial charge in [0.15, 0.2) is 4.34 Å². The summed E-state index contributed by atoms with van der Waals surface area (Å²) in [6.45, 7) is 0. The van der Waals surface area contributed by atoms with Crippen molar-refractivity contribution in [1.82, 2.24) is 4.98 Å². The van der Waals surface area contributed by atoms with Crippen molar-refractivity contribution in [3.8, 4) is 11.3 Å². The summed E-state index contributed by atoms with van der Waals surface area (Å²) in [5, 5.41) is 0.607. The first-order valence-corrected chi connectivity index (χ1v) is 9.19. The van der Waals surface area contributed by atoms with Crippen LogP contribution in [0.4, 0.5) is 9.39 Å². The number of anilines is 1. The van der Waals surface area contributed by atoms with E-state index < -0.39 is 0 Å². The molecule has 0 bridgehead atoms. The molecule has 0 saturated carbocycles. The number of ether oxygens (including phenoxy) is 1. The minimum atomic E-state index is -0.351. The molecule has 0 aliphatic carbocycles. The van der Waals surface area contributed by atoms with Crippen LogP contribution in [0.1, 0.15) is 15.9 Å². The van der Waals surface area contributed by atoms with Gasteiger partial charge in [-0.25, -0.2) is 14.2 Å². The molecule has 1 heterocycles. The van der Waals surface area contributed by atoms with Gasteiger partial charge in [-0.3, -0.25) is 0 Å². The minimum Gasteiger partial charge on any atom is -0.465 e. The fourth-order valence-electron chi connectivity index (χ4n) is 2.19. The van der Waals surface area contributed by atoms with Gasteiger partial charge >= 0.3 is 5.97 Å². The van der Waals surface area contributed by atoms with Crippen molar-refractivity contribution in [2.75, 3.05) is 12.8 Å². The summed E-state index contributed by atoms with van der Waals surface area (Å²) in [6, 6.07) is 13.4. The number of thioether (sulfide) groups is 1. The first-order chi connectivity index (χ1) is 12.1. The molecule has 0 unspecified atom stereocenters. The molecule has 7 heteroatoms. The number of carbonyl (C=O) groups is 1. The lowest BCUT2D eigenvalue weighted by atomic mass is 10.1. The van der Waals surface area contributed by atoms with E-state index in [0.717, 1.165) is 15.5 Å². The number of carbonyl (C=O) groups excluding carboxylic acids is 1. The molecule has 2 N–H and O–H groups in total. The highest BCUT2D eigenvalue weighted by Crippen LogP contribution is 2.36. The molecule has 128 valence electrons. The monoisotopic (exact) mass is 374 g/mol. The maximum atomic E-state index is 13.0. The molecule has 0 atom stereocenters. The van der Waals surface area contributed by atoms with Crippen molar-refractivity contribution < 1.29 is 13.9 Å². The van der Waals surface area contributed by atoms with E-state index in [1.807, 2.05) is 12.1 Å². The third-order valence-electron chi connectivity index (χ3n) is 3.49. The Morgan fingerprint density at radius 2 is 1.88 bits per heavy atom. The molecule has 4 nitrogen and oxygen atoms in total. The van der Waals surface area contributed by atoms with Crippen molar-refractivity contribution in [2.45, 2.75) is 10.1 Å². The maximum Gasteiger partial charge on any atom is 0.337 e. The number of nitrogens with two attached hydrogens (primary N) is 1. The number of rotatable bonds is 5. The number of aromatic nitrogens is 1. The van der Waals surface area contributed by atoms with E-state index in [1.165, 1.54) is 30.6 Å². The lowest BCUT2D eigenvalue weighted by Gasteiger charge is -2.02. The SMILES string of the molecule is COC(=O)c1ccc(CSc2nc(-c3ccc(F)cc3)c(N)s2)cc1. The highest BCUT2D eigenvalue weighted by molar-refractivity contribution is 8.00. The minimum absolute atomic E-state index is 0.289. The van der Waals surface area contributed by atoms with Gasteiger partial charge in [-0.05, 0) is 42.0 Å². The van der Waals surface area contributed by atoms with Gasteiger partial charge < -0.3 is 10.5 Å². The molecule has 0 radical (unpaired) electrons. The summed E-state index contributed by atoms with van der Waals surface area (Å²) in [7, 11) is 1.36. The van der Waals surface area contributed by atoms with Crippen LogP contribution in [0.5, 0.6) is 0 Å². The van der Waals surface area contributed by atoms with E-state index in [9.17, 15) is 9.18 Å². The van der Waals surface area contributed by atoms with Gasteiger partial charge in [0.25, 0.3) is 0 Å². The summed E-state index contributed by atoms with van der Waals surface area (Å²) >= 11 is 2.97. The molecule has 3 aromatic rings. The molecule has 2 aromatic carbocycles. The summed E-state index contributed by atoms with van der Waals surface area (Å²) in [5.41, 5.74) is 9.10. The van der Waals surface area contributed by atoms with Gasteiger partial charge in [-0.2, -0.15) is 0 Å². The molecule has 25 heavy (non-hydrogen) atoms. The zero-order valence-electron chi connectivity index (χ0n) is 13.4. The number of benzene rings is 2. The predicted molar refractivity (Wildman–Crippen MR) is 99.3 cm³/mol. The maximum absolute atomic E-state index is 13.0.